The Bertz CT molecular complexity index is 2750. The normalized spacial score (nSPS) is 14.7. The number of hydrogen-bond donors (Lipinski definition) is 0. The van der Waals surface area contributed by atoms with Crippen LogP contribution in [0.25, 0.3) is 11.0 Å². The number of anilines is 5. The van der Waals surface area contributed by atoms with Gasteiger partial charge in [-0.2, -0.15) is 0 Å². The first kappa shape index (κ1) is 32.3. The summed E-state index contributed by atoms with van der Waals surface area (Å²) in [6.07, 6.45) is 0. The second-order valence-electron chi connectivity index (χ2n) is 14.8. The first-order chi connectivity index (χ1) is 27.7. The predicted octanol–water partition coefficient (Wildman–Crippen LogP) is 12.1. The Morgan fingerprint density at radius 2 is 0.875 bits per heavy atom. The van der Waals surface area contributed by atoms with Crippen molar-refractivity contribution in [2.75, 3.05) is 16.8 Å². The zero-order valence-electron chi connectivity index (χ0n) is 31.0. The monoisotopic (exact) mass is 718 g/mol. The Balaban J connectivity index is 1.21. The largest absolute Gasteiger partial charge is 0.315 e. The molecule has 0 saturated carbocycles. The third kappa shape index (κ3) is 4.32. The van der Waals surface area contributed by atoms with Gasteiger partial charge in [-0.05, 0) is 69.8 Å². The summed E-state index contributed by atoms with van der Waals surface area (Å²) in [6.45, 7) is 0. The molecule has 2 aliphatic rings. The summed E-state index contributed by atoms with van der Waals surface area (Å²) in [7, 11) is 2.16. The van der Waals surface area contributed by atoms with Crippen molar-refractivity contribution in [3.05, 3.63) is 251 Å². The van der Waals surface area contributed by atoms with E-state index in [-0.39, 0.29) is 0 Å². The van der Waals surface area contributed by atoms with Crippen LogP contribution in [0.3, 0.4) is 0 Å². The topological polar surface area (TPSA) is 24.3 Å². The number of fused-ring (bicyclic) bond motifs is 6. The first-order valence-electron chi connectivity index (χ1n) is 19.3. The van der Waals surface area contributed by atoms with Crippen LogP contribution < -0.4 is 9.80 Å². The maximum atomic E-state index is 5.35. The van der Waals surface area contributed by atoms with Crippen molar-refractivity contribution >= 4 is 39.7 Å². The molecule has 0 fully saturated rings. The van der Waals surface area contributed by atoms with Gasteiger partial charge in [0, 0.05) is 18.3 Å². The molecule has 0 unspecified atom stereocenters. The molecule has 1 aromatic heterocycles. The number of para-hydroxylation sites is 4. The fourth-order valence-electron chi connectivity index (χ4n) is 9.82. The van der Waals surface area contributed by atoms with E-state index in [4.69, 9.17) is 4.98 Å². The molecule has 0 aliphatic carbocycles. The molecule has 0 radical (unpaired) electrons. The highest BCUT2D eigenvalue weighted by atomic mass is 15.4. The number of nitrogens with zero attached hydrogens (tertiary/aromatic N) is 4. The summed E-state index contributed by atoms with van der Waals surface area (Å²) in [5.41, 5.74) is 13.9. The molecule has 0 atom stereocenters. The quantitative estimate of drug-likeness (QED) is 0.177. The van der Waals surface area contributed by atoms with E-state index < -0.39 is 11.0 Å². The number of rotatable bonds is 5. The standard InChI is InChI=1S/C52H38N4/c1-54-49-36-41(34-35-44(49)52(39-24-10-4-11-25-39,40-26-12-5-13-27-40)56-48-33-19-16-30-45(48)53-50(54)56)55-46-31-17-14-28-42(46)51(37-20-6-2-7-21-37,38-22-8-3-9-23-38)43-29-15-18-32-47(43)55/h2-36H,1H3. The lowest BCUT2D eigenvalue weighted by molar-refractivity contribution is 0.518. The molecule has 11 rings (SSSR count). The number of hydrogen-bond acceptors (Lipinski definition) is 3. The number of aromatic nitrogens is 2. The summed E-state index contributed by atoms with van der Waals surface area (Å²) < 4.78 is 2.45. The molecule has 2 aliphatic heterocycles. The van der Waals surface area contributed by atoms with Crippen LogP contribution in [0.1, 0.15) is 38.9 Å². The maximum Gasteiger partial charge on any atom is 0.212 e. The van der Waals surface area contributed by atoms with E-state index in [1.807, 2.05) is 0 Å². The third-order valence-corrected chi connectivity index (χ3v) is 12.1. The van der Waals surface area contributed by atoms with Gasteiger partial charge in [-0.1, -0.05) is 176 Å². The van der Waals surface area contributed by atoms with Crippen LogP contribution in [0.5, 0.6) is 0 Å². The second-order valence-corrected chi connectivity index (χ2v) is 14.8. The number of imidazole rings is 1. The molecule has 0 saturated heterocycles. The van der Waals surface area contributed by atoms with Gasteiger partial charge >= 0.3 is 0 Å². The Morgan fingerprint density at radius 1 is 0.411 bits per heavy atom. The lowest BCUT2D eigenvalue weighted by atomic mass is 9.62. The van der Waals surface area contributed by atoms with E-state index in [1.54, 1.807) is 0 Å². The minimum absolute atomic E-state index is 0.530. The molecule has 8 aromatic carbocycles. The van der Waals surface area contributed by atoms with Gasteiger partial charge in [0.1, 0.15) is 5.54 Å². The molecule has 0 spiro atoms. The molecule has 4 nitrogen and oxygen atoms in total. The molecular formula is C52H38N4. The average molecular weight is 719 g/mol. The van der Waals surface area contributed by atoms with E-state index in [0.29, 0.717) is 0 Å². The summed E-state index contributed by atoms with van der Waals surface area (Å²) in [5.74, 6) is 0.898. The fourth-order valence-corrected chi connectivity index (χ4v) is 9.82. The highest BCUT2D eigenvalue weighted by Gasteiger charge is 2.49. The first-order valence-corrected chi connectivity index (χ1v) is 19.3. The van der Waals surface area contributed by atoms with E-state index in [2.05, 4.69) is 234 Å². The zero-order valence-corrected chi connectivity index (χ0v) is 31.0. The van der Waals surface area contributed by atoms with Gasteiger partial charge in [-0.3, -0.25) is 4.57 Å². The van der Waals surface area contributed by atoms with E-state index >= 15 is 0 Å². The molecule has 3 heterocycles. The molecule has 9 aromatic rings. The third-order valence-electron chi connectivity index (χ3n) is 12.1. The van der Waals surface area contributed by atoms with E-state index in [0.717, 1.165) is 39.7 Å². The van der Waals surface area contributed by atoms with Crippen molar-refractivity contribution < 1.29 is 0 Å². The minimum atomic E-state index is -0.693. The van der Waals surface area contributed by atoms with Gasteiger partial charge in [0.2, 0.25) is 5.95 Å². The molecule has 56 heavy (non-hydrogen) atoms. The predicted molar refractivity (Wildman–Crippen MR) is 229 cm³/mol. The fraction of sp³-hybridized carbons (Fsp3) is 0.0577. The van der Waals surface area contributed by atoms with Gasteiger partial charge in [0.25, 0.3) is 0 Å². The van der Waals surface area contributed by atoms with Crippen molar-refractivity contribution in [3.8, 4) is 0 Å². The number of benzene rings is 8. The van der Waals surface area contributed by atoms with Gasteiger partial charge < -0.3 is 9.80 Å². The summed E-state index contributed by atoms with van der Waals surface area (Å²) in [6, 6.07) is 77.4. The summed E-state index contributed by atoms with van der Waals surface area (Å²) in [4.78, 5) is 10.1. The van der Waals surface area contributed by atoms with Gasteiger partial charge in [0.15, 0.2) is 0 Å². The van der Waals surface area contributed by atoms with Gasteiger partial charge in [-0.15, -0.1) is 0 Å². The zero-order chi connectivity index (χ0) is 37.3. The smallest absolute Gasteiger partial charge is 0.212 e. The Morgan fingerprint density at radius 3 is 1.43 bits per heavy atom. The summed E-state index contributed by atoms with van der Waals surface area (Å²) in [5, 5.41) is 0. The lowest BCUT2D eigenvalue weighted by Crippen LogP contribution is -2.43. The van der Waals surface area contributed by atoms with Crippen molar-refractivity contribution in [1.82, 2.24) is 9.55 Å². The van der Waals surface area contributed by atoms with Crippen LogP contribution in [0.2, 0.25) is 0 Å². The van der Waals surface area contributed by atoms with Crippen molar-refractivity contribution in [3.63, 3.8) is 0 Å². The second kappa shape index (κ2) is 12.4. The van der Waals surface area contributed by atoms with Crippen molar-refractivity contribution in [2.45, 2.75) is 11.0 Å². The highest BCUT2D eigenvalue weighted by Crippen LogP contribution is 2.59. The molecule has 4 heteroatoms. The Kier molecular flexibility index (Phi) is 7.17. The van der Waals surface area contributed by atoms with E-state index in [9.17, 15) is 0 Å². The van der Waals surface area contributed by atoms with Crippen LogP contribution in [0.15, 0.2) is 212 Å². The molecule has 266 valence electrons. The van der Waals surface area contributed by atoms with Gasteiger partial charge in [-0.25, -0.2) is 4.98 Å². The van der Waals surface area contributed by atoms with Crippen LogP contribution >= 0.6 is 0 Å². The van der Waals surface area contributed by atoms with Crippen molar-refractivity contribution in [2.24, 2.45) is 0 Å². The molecule has 0 N–H and O–H groups in total. The lowest BCUT2D eigenvalue weighted by Gasteiger charge is -2.47. The van der Waals surface area contributed by atoms with Crippen LogP contribution in [-0.4, -0.2) is 16.6 Å². The van der Waals surface area contributed by atoms with Crippen LogP contribution in [-0.2, 0) is 11.0 Å². The van der Waals surface area contributed by atoms with Crippen molar-refractivity contribution in [1.29, 1.82) is 0 Å². The van der Waals surface area contributed by atoms with E-state index in [1.165, 1.54) is 38.9 Å². The molecular weight excluding hydrogens is 681 g/mol. The SMILES string of the molecule is CN1c2cc(N3c4ccccc4C(c4ccccc4)(c4ccccc4)c4ccccc43)ccc2C(c2ccccc2)(c2ccccc2)n2c1nc1ccccc12. The molecule has 0 bridgehead atoms. The maximum absolute atomic E-state index is 5.35. The van der Waals surface area contributed by atoms with Gasteiger partial charge in [0.05, 0.1) is 33.5 Å². The molecule has 0 amide bonds. The van der Waals surface area contributed by atoms with Crippen LogP contribution in [0.4, 0.5) is 28.7 Å². The highest BCUT2D eigenvalue weighted by molar-refractivity contribution is 5.92. The van der Waals surface area contributed by atoms with Crippen LogP contribution in [0, 0.1) is 0 Å². The Hall–Kier alpha value is -7.17. The average Bonchev–Trinajstić information content (AvgIpc) is 3.67. The minimum Gasteiger partial charge on any atom is -0.315 e. The summed E-state index contributed by atoms with van der Waals surface area (Å²) >= 11 is 0. The Labute approximate surface area is 327 Å².